The van der Waals surface area contributed by atoms with E-state index in [2.05, 4.69) is 25.6 Å². The Morgan fingerprint density at radius 1 is 1.20 bits per heavy atom. The predicted molar refractivity (Wildman–Crippen MR) is 92.7 cm³/mol. The zero-order valence-electron chi connectivity index (χ0n) is 14.1. The van der Waals surface area contributed by atoms with Crippen molar-refractivity contribution in [1.29, 1.82) is 0 Å². The first-order chi connectivity index (χ1) is 11.8. The summed E-state index contributed by atoms with van der Waals surface area (Å²) in [6.45, 7) is 0.596. The number of hydrogen-bond acceptors (Lipinski definition) is 5. The number of guanidine groups is 1. The molecule has 0 atom stereocenters. The maximum atomic E-state index is 12.5. The highest BCUT2D eigenvalue weighted by Crippen LogP contribution is 2.29. The number of halogens is 3. The normalized spacial score (nSPS) is 12.2. The molecular weight excluding hydrogens is 353 g/mol. The zero-order valence-corrected chi connectivity index (χ0v) is 14.9. The van der Waals surface area contributed by atoms with Gasteiger partial charge in [-0.3, -0.25) is 4.99 Å². The third kappa shape index (κ3) is 5.59. The standard InChI is InChI=1S/C15H19F3N6S/c1-19-14(20-7-10-5-4-6-12(22-10)24(2)3)21-8-13-23-11(9-25-13)15(16,17)18/h4-6,9H,7-8H2,1-3H3,(H2,19,20,21). The van der Waals surface area contributed by atoms with Crippen molar-refractivity contribution >= 4 is 23.1 Å². The molecule has 0 amide bonds. The Balaban J connectivity index is 1.89. The molecule has 0 spiro atoms. The largest absolute Gasteiger partial charge is 0.434 e. The number of aliphatic imine (C=N–C) groups is 1. The molecule has 2 N–H and O–H groups in total. The molecule has 10 heteroatoms. The van der Waals surface area contributed by atoms with E-state index in [4.69, 9.17) is 0 Å². The lowest BCUT2D eigenvalue weighted by Gasteiger charge is -2.14. The van der Waals surface area contributed by atoms with Gasteiger partial charge in [0.1, 0.15) is 10.8 Å². The molecule has 25 heavy (non-hydrogen) atoms. The average molecular weight is 372 g/mol. The molecule has 0 aliphatic rings. The van der Waals surface area contributed by atoms with Gasteiger partial charge in [-0.2, -0.15) is 13.2 Å². The van der Waals surface area contributed by atoms with Gasteiger partial charge in [0.05, 0.1) is 18.8 Å². The Labute approximate surface area is 147 Å². The summed E-state index contributed by atoms with van der Waals surface area (Å²) in [5.41, 5.74) is -0.0512. The van der Waals surface area contributed by atoms with E-state index in [0.717, 1.165) is 28.2 Å². The van der Waals surface area contributed by atoms with Crippen LogP contribution in [-0.4, -0.2) is 37.1 Å². The molecule has 0 unspecified atom stereocenters. The Kier molecular flexibility index (Phi) is 6.18. The van der Waals surface area contributed by atoms with Gasteiger partial charge in [-0.15, -0.1) is 11.3 Å². The van der Waals surface area contributed by atoms with Crippen LogP contribution >= 0.6 is 11.3 Å². The van der Waals surface area contributed by atoms with Crippen LogP contribution in [-0.2, 0) is 19.3 Å². The number of aromatic nitrogens is 2. The van der Waals surface area contributed by atoms with Gasteiger partial charge in [0.25, 0.3) is 0 Å². The average Bonchev–Trinajstić information content (AvgIpc) is 3.04. The number of pyridine rings is 1. The van der Waals surface area contributed by atoms with Crippen molar-refractivity contribution in [3.05, 3.63) is 40.0 Å². The maximum absolute atomic E-state index is 12.5. The van der Waals surface area contributed by atoms with Crippen LogP contribution in [0.1, 0.15) is 16.4 Å². The van der Waals surface area contributed by atoms with Crippen molar-refractivity contribution in [2.75, 3.05) is 26.0 Å². The van der Waals surface area contributed by atoms with Crippen molar-refractivity contribution in [3.63, 3.8) is 0 Å². The second kappa shape index (κ2) is 8.15. The van der Waals surface area contributed by atoms with E-state index >= 15 is 0 Å². The van der Waals surface area contributed by atoms with Crippen LogP contribution in [0.2, 0.25) is 0 Å². The van der Waals surface area contributed by atoms with Crippen LogP contribution in [0.3, 0.4) is 0 Å². The summed E-state index contributed by atoms with van der Waals surface area (Å²) in [4.78, 5) is 14.0. The van der Waals surface area contributed by atoms with Crippen molar-refractivity contribution in [3.8, 4) is 0 Å². The summed E-state index contributed by atoms with van der Waals surface area (Å²) in [6, 6.07) is 5.69. The van der Waals surface area contributed by atoms with Crippen LogP contribution in [0.5, 0.6) is 0 Å². The van der Waals surface area contributed by atoms with E-state index in [1.165, 1.54) is 0 Å². The monoisotopic (exact) mass is 372 g/mol. The highest BCUT2D eigenvalue weighted by atomic mass is 32.1. The summed E-state index contributed by atoms with van der Waals surface area (Å²) in [5.74, 6) is 1.30. The molecular formula is C15H19F3N6S. The predicted octanol–water partition coefficient (Wildman–Crippen LogP) is 2.49. The Morgan fingerprint density at radius 2 is 1.92 bits per heavy atom. The lowest BCUT2D eigenvalue weighted by atomic mass is 10.3. The Bertz CT molecular complexity index is 726. The molecule has 0 aliphatic carbocycles. The smallest absolute Gasteiger partial charge is 0.363 e. The third-order valence-corrected chi connectivity index (χ3v) is 4.01. The van der Waals surface area contributed by atoms with Crippen molar-refractivity contribution in [2.24, 2.45) is 4.99 Å². The maximum Gasteiger partial charge on any atom is 0.434 e. The summed E-state index contributed by atoms with van der Waals surface area (Å²) >= 11 is 0.954. The van der Waals surface area contributed by atoms with Crippen LogP contribution < -0.4 is 15.5 Å². The van der Waals surface area contributed by atoms with Gasteiger partial charge in [0.2, 0.25) is 0 Å². The number of anilines is 1. The van der Waals surface area contributed by atoms with Crippen molar-refractivity contribution in [1.82, 2.24) is 20.6 Å². The summed E-state index contributed by atoms with van der Waals surface area (Å²) < 4.78 is 37.6. The molecule has 0 aliphatic heterocycles. The van der Waals surface area contributed by atoms with Crippen LogP contribution in [0.25, 0.3) is 0 Å². The van der Waals surface area contributed by atoms with Gasteiger partial charge in [0.15, 0.2) is 11.7 Å². The number of nitrogens with one attached hydrogen (secondary N) is 2. The molecule has 2 heterocycles. The van der Waals surface area contributed by atoms with E-state index in [-0.39, 0.29) is 6.54 Å². The number of alkyl halides is 3. The fraction of sp³-hybridized carbons (Fsp3) is 0.400. The quantitative estimate of drug-likeness (QED) is 0.624. The van der Waals surface area contributed by atoms with Gasteiger partial charge < -0.3 is 15.5 Å². The van der Waals surface area contributed by atoms with Crippen molar-refractivity contribution < 1.29 is 13.2 Å². The number of thiazole rings is 1. The van der Waals surface area contributed by atoms with E-state index in [0.29, 0.717) is 17.5 Å². The minimum atomic E-state index is -4.42. The molecule has 2 aromatic heterocycles. The zero-order chi connectivity index (χ0) is 18.4. The molecule has 2 rings (SSSR count). The molecule has 6 nitrogen and oxygen atoms in total. The van der Waals surface area contributed by atoms with Gasteiger partial charge in [-0.05, 0) is 12.1 Å². The SMILES string of the molecule is CN=C(NCc1cccc(N(C)C)n1)NCc1nc(C(F)(F)F)cs1. The third-order valence-electron chi connectivity index (χ3n) is 3.16. The number of nitrogens with zero attached hydrogens (tertiary/aromatic N) is 4. The van der Waals surface area contributed by atoms with Gasteiger partial charge >= 0.3 is 6.18 Å². The van der Waals surface area contributed by atoms with E-state index in [1.54, 1.807) is 7.05 Å². The number of hydrogen-bond donors (Lipinski definition) is 2. The second-order valence-electron chi connectivity index (χ2n) is 5.29. The fourth-order valence-corrected chi connectivity index (χ4v) is 2.63. The van der Waals surface area contributed by atoms with Crippen LogP contribution in [0, 0.1) is 0 Å². The minimum Gasteiger partial charge on any atom is -0.363 e. The molecule has 0 bridgehead atoms. The fourth-order valence-electron chi connectivity index (χ4n) is 1.89. The highest BCUT2D eigenvalue weighted by molar-refractivity contribution is 7.09. The van der Waals surface area contributed by atoms with E-state index in [9.17, 15) is 13.2 Å². The Hall–Kier alpha value is -2.36. The molecule has 2 aromatic rings. The van der Waals surface area contributed by atoms with Gasteiger partial charge in [0, 0.05) is 26.5 Å². The Morgan fingerprint density at radius 3 is 2.52 bits per heavy atom. The molecule has 136 valence electrons. The molecule has 0 fully saturated rings. The summed E-state index contributed by atoms with van der Waals surface area (Å²) in [5, 5.41) is 7.35. The first-order valence-corrected chi connectivity index (χ1v) is 8.27. The lowest BCUT2D eigenvalue weighted by Crippen LogP contribution is -2.36. The first-order valence-electron chi connectivity index (χ1n) is 7.39. The van der Waals surface area contributed by atoms with Crippen molar-refractivity contribution in [2.45, 2.75) is 19.3 Å². The number of rotatable bonds is 5. The summed E-state index contributed by atoms with van der Waals surface area (Å²) in [6.07, 6.45) is -4.42. The minimum absolute atomic E-state index is 0.158. The highest BCUT2D eigenvalue weighted by Gasteiger charge is 2.33. The first kappa shape index (κ1) is 19.0. The summed E-state index contributed by atoms with van der Waals surface area (Å²) in [7, 11) is 5.40. The molecule has 0 saturated heterocycles. The molecule has 0 saturated carbocycles. The second-order valence-corrected chi connectivity index (χ2v) is 6.23. The lowest BCUT2D eigenvalue weighted by molar-refractivity contribution is -0.140. The van der Waals surface area contributed by atoms with E-state index in [1.807, 2.05) is 37.2 Å². The van der Waals surface area contributed by atoms with E-state index < -0.39 is 11.9 Å². The van der Waals surface area contributed by atoms with Crippen LogP contribution in [0.15, 0.2) is 28.6 Å². The molecule has 0 aromatic carbocycles. The van der Waals surface area contributed by atoms with Gasteiger partial charge in [-0.1, -0.05) is 6.07 Å². The van der Waals surface area contributed by atoms with Crippen LogP contribution in [0.4, 0.5) is 19.0 Å². The van der Waals surface area contributed by atoms with Gasteiger partial charge in [-0.25, -0.2) is 9.97 Å². The molecule has 0 radical (unpaired) electrons. The topological polar surface area (TPSA) is 65.4 Å².